The molecule has 0 aromatic heterocycles. The molecule has 1 saturated carbocycles. The number of urea groups is 1. The summed E-state index contributed by atoms with van der Waals surface area (Å²) in [5, 5.41) is 5.67. The summed E-state index contributed by atoms with van der Waals surface area (Å²) in [5.74, 6) is 0.674. The van der Waals surface area contributed by atoms with Crippen molar-refractivity contribution in [3.63, 3.8) is 0 Å². The lowest BCUT2D eigenvalue weighted by Crippen LogP contribution is -2.40. The molecular weight excluding hydrogens is 140 g/mol. The van der Waals surface area contributed by atoms with E-state index in [1.54, 1.807) is 0 Å². The zero-order chi connectivity index (χ0) is 8.43. The van der Waals surface area contributed by atoms with Crippen molar-refractivity contribution < 1.29 is 4.79 Å². The normalized spacial score (nSPS) is 28.4. The Kier molecular flexibility index (Phi) is 2.37. The van der Waals surface area contributed by atoms with Gasteiger partial charge in [-0.2, -0.15) is 0 Å². The number of rotatable bonds is 2. The molecule has 64 valence electrons. The summed E-state index contributed by atoms with van der Waals surface area (Å²) in [4.78, 5) is 11.0. The van der Waals surface area contributed by atoms with Crippen molar-refractivity contribution >= 4 is 6.03 Å². The minimum Gasteiger partial charge on any atom is -0.336 e. The highest BCUT2D eigenvalue weighted by atomic mass is 16.2. The van der Waals surface area contributed by atoms with E-state index in [4.69, 9.17) is 0 Å². The van der Waals surface area contributed by atoms with Crippen LogP contribution in [0.15, 0.2) is 0 Å². The average molecular weight is 156 g/mol. The molecule has 2 atom stereocenters. The lowest BCUT2D eigenvalue weighted by molar-refractivity contribution is 0.237. The molecule has 1 aliphatic rings. The zero-order valence-electron chi connectivity index (χ0n) is 7.35. The molecule has 0 spiro atoms. The van der Waals surface area contributed by atoms with E-state index in [1.165, 1.54) is 0 Å². The molecular formula is C8H16N2O. The molecule has 2 unspecified atom stereocenters. The maximum absolute atomic E-state index is 11.0. The Bertz CT molecular complexity index is 156. The molecule has 0 radical (unpaired) electrons. The van der Waals surface area contributed by atoms with Gasteiger partial charge in [-0.1, -0.05) is 6.92 Å². The van der Waals surface area contributed by atoms with Gasteiger partial charge in [0, 0.05) is 12.1 Å². The summed E-state index contributed by atoms with van der Waals surface area (Å²) in [6.45, 7) is 6.05. The van der Waals surface area contributed by atoms with Crippen molar-refractivity contribution in [1.29, 1.82) is 0 Å². The minimum atomic E-state index is -0.0330. The lowest BCUT2D eigenvalue weighted by Gasteiger charge is -2.08. The largest absolute Gasteiger partial charge is 0.336 e. The van der Waals surface area contributed by atoms with Crippen LogP contribution >= 0.6 is 0 Å². The zero-order valence-corrected chi connectivity index (χ0v) is 7.35. The average Bonchev–Trinajstić information content (AvgIpc) is 2.43. The fraction of sp³-hybridized carbons (Fsp3) is 0.875. The second-order valence-electron chi connectivity index (χ2n) is 3.59. The Balaban J connectivity index is 2.11. The van der Waals surface area contributed by atoms with Crippen molar-refractivity contribution in [1.82, 2.24) is 10.6 Å². The van der Waals surface area contributed by atoms with E-state index in [-0.39, 0.29) is 12.1 Å². The van der Waals surface area contributed by atoms with Crippen molar-refractivity contribution in [2.75, 3.05) is 0 Å². The van der Waals surface area contributed by atoms with Crippen LogP contribution in [0.25, 0.3) is 0 Å². The van der Waals surface area contributed by atoms with Crippen molar-refractivity contribution in [2.24, 2.45) is 5.92 Å². The molecule has 0 aromatic carbocycles. The van der Waals surface area contributed by atoms with Gasteiger partial charge in [0.2, 0.25) is 0 Å². The van der Waals surface area contributed by atoms with Gasteiger partial charge in [0.15, 0.2) is 0 Å². The maximum Gasteiger partial charge on any atom is 0.315 e. The van der Waals surface area contributed by atoms with Crippen molar-refractivity contribution in [3.8, 4) is 0 Å². The topological polar surface area (TPSA) is 41.1 Å². The molecule has 0 bridgehead atoms. The first kappa shape index (κ1) is 8.37. The van der Waals surface area contributed by atoms with E-state index in [9.17, 15) is 4.79 Å². The summed E-state index contributed by atoms with van der Waals surface area (Å²) in [7, 11) is 0. The minimum absolute atomic E-state index is 0.0330. The quantitative estimate of drug-likeness (QED) is 0.617. The van der Waals surface area contributed by atoms with Gasteiger partial charge in [-0.05, 0) is 26.2 Å². The monoisotopic (exact) mass is 156 g/mol. The molecule has 0 aromatic rings. The lowest BCUT2D eigenvalue weighted by atomic mass is 10.4. The van der Waals surface area contributed by atoms with Gasteiger partial charge in [0.25, 0.3) is 0 Å². The van der Waals surface area contributed by atoms with Gasteiger partial charge in [0.1, 0.15) is 0 Å². The van der Waals surface area contributed by atoms with Gasteiger partial charge < -0.3 is 10.6 Å². The highest BCUT2D eigenvalue weighted by Gasteiger charge is 2.33. The Morgan fingerprint density at radius 1 is 1.55 bits per heavy atom. The molecule has 1 aliphatic carbocycles. The Morgan fingerprint density at radius 3 is 2.45 bits per heavy atom. The smallest absolute Gasteiger partial charge is 0.315 e. The van der Waals surface area contributed by atoms with Gasteiger partial charge in [-0.15, -0.1) is 0 Å². The van der Waals surface area contributed by atoms with Gasteiger partial charge in [-0.3, -0.25) is 0 Å². The van der Waals surface area contributed by atoms with Gasteiger partial charge >= 0.3 is 6.03 Å². The Hall–Kier alpha value is -0.730. The van der Waals surface area contributed by atoms with E-state index in [0.29, 0.717) is 12.0 Å². The fourth-order valence-corrected chi connectivity index (χ4v) is 0.995. The molecule has 0 saturated heterocycles. The molecule has 11 heavy (non-hydrogen) atoms. The molecule has 3 nitrogen and oxygen atoms in total. The molecule has 3 heteroatoms. The van der Waals surface area contributed by atoms with Crippen LogP contribution in [0.3, 0.4) is 0 Å². The summed E-state index contributed by atoms with van der Waals surface area (Å²) < 4.78 is 0. The number of amides is 2. The number of nitrogens with one attached hydrogen (secondary N) is 2. The molecule has 2 N–H and O–H groups in total. The Morgan fingerprint density at radius 2 is 2.09 bits per heavy atom. The van der Waals surface area contributed by atoms with Crippen LogP contribution in [0, 0.1) is 5.92 Å². The summed E-state index contributed by atoms with van der Waals surface area (Å²) in [6, 6.07) is 0.618. The van der Waals surface area contributed by atoms with E-state index in [1.807, 2.05) is 13.8 Å². The number of carbonyl (C=O) groups excluding carboxylic acids is 1. The first-order valence-corrected chi connectivity index (χ1v) is 4.16. The predicted molar refractivity (Wildman–Crippen MR) is 44.4 cm³/mol. The van der Waals surface area contributed by atoms with Crippen LogP contribution in [0.1, 0.15) is 27.2 Å². The van der Waals surface area contributed by atoms with E-state index < -0.39 is 0 Å². The first-order valence-electron chi connectivity index (χ1n) is 4.16. The summed E-state index contributed by atoms with van der Waals surface area (Å²) >= 11 is 0. The van der Waals surface area contributed by atoms with Crippen LogP contribution in [0.2, 0.25) is 0 Å². The summed E-state index contributed by atoms with van der Waals surface area (Å²) in [6.07, 6.45) is 1.13. The standard InChI is InChI=1S/C8H16N2O/c1-5(2)9-8(11)10-7-4-6(7)3/h5-7H,4H2,1-3H3,(H2,9,10,11). The third-order valence-corrected chi connectivity index (χ3v) is 1.85. The SMILES string of the molecule is CC(C)NC(=O)NC1CC1C. The van der Waals surface area contributed by atoms with Gasteiger partial charge in [0.05, 0.1) is 0 Å². The molecule has 0 heterocycles. The second kappa shape index (κ2) is 3.11. The molecule has 2 amide bonds. The van der Waals surface area contributed by atoms with E-state index in [2.05, 4.69) is 17.6 Å². The fourth-order valence-electron chi connectivity index (χ4n) is 0.995. The van der Waals surface area contributed by atoms with Gasteiger partial charge in [-0.25, -0.2) is 4.79 Å². The third-order valence-electron chi connectivity index (χ3n) is 1.85. The summed E-state index contributed by atoms with van der Waals surface area (Å²) in [5.41, 5.74) is 0. The van der Waals surface area contributed by atoms with Crippen LogP contribution in [0.5, 0.6) is 0 Å². The Labute approximate surface area is 67.5 Å². The van der Waals surface area contributed by atoms with Crippen LogP contribution in [-0.4, -0.2) is 18.1 Å². The number of hydrogen-bond donors (Lipinski definition) is 2. The van der Waals surface area contributed by atoms with E-state index in [0.717, 1.165) is 6.42 Å². The molecule has 0 aliphatic heterocycles. The van der Waals surface area contributed by atoms with Crippen molar-refractivity contribution in [2.45, 2.75) is 39.3 Å². The maximum atomic E-state index is 11.0. The van der Waals surface area contributed by atoms with Crippen LogP contribution < -0.4 is 10.6 Å². The highest BCUT2D eigenvalue weighted by molar-refractivity contribution is 5.74. The third kappa shape index (κ3) is 2.78. The predicted octanol–water partition coefficient (Wildman–Crippen LogP) is 1.10. The second-order valence-corrected chi connectivity index (χ2v) is 3.59. The molecule has 1 rings (SSSR count). The van der Waals surface area contributed by atoms with Crippen LogP contribution in [-0.2, 0) is 0 Å². The van der Waals surface area contributed by atoms with E-state index >= 15 is 0 Å². The highest BCUT2D eigenvalue weighted by Crippen LogP contribution is 2.28. The number of carbonyl (C=O) groups is 1. The first-order chi connectivity index (χ1) is 5.09. The molecule has 1 fully saturated rings. The number of hydrogen-bond acceptors (Lipinski definition) is 1. The van der Waals surface area contributed by atoms with Crippen LogP contribution in [0.4, 0.5) is 4.79 Å². The van der Waals surface area contributed by atoms with Crippen molar-refractivity contribution in [3.05, 3.63) is 0 Å².